The van der Waals surface area contributed by atoms with Crippen molar-refractivity contribution in [3.8, 4) is 11.5 Å². The molecule has 246 valence electrons. The standard InChI is InChI=1S/C38H34O10/c1-3-5-23-33(39)45-31-21-13-11-19-29(31)35(41)25-15-7-9-17-27(25)37(43)47-48-38(44)28-18-10-8-16-26(28)36(42)30-20-12-14-22-32(30)46-34(40)24-6-4-2/h7-22H,3-6,23-24H2,1-2H3. The molecule has 10 nitrogen and oxygen atoms in total. The first-order valence-corrected chi connectivity index (χ1v) is 15.5. The summed E-state index contributed by atoms with van der Waals surface area (Å²) in [4.78, 5) is 87.7. The second-order valence-electron chi connectivity index (χ2n) is 10.6. The van der Waals surface area contributed by atoms with E-state index in [2.05, 4.69) is 0 Å². The first kappa shape index (κ1) is 35.0. The molecule has 4 rings (SSSR count). The second-order valence-corrected chi connectivity index (χ2v) is 10.6. The van der Waals surface area contributed by atoms with Gasteiger partial charge >= 0.3 is 23.9 Å². The summed E-state index contributed by atoms with van der Waals surface area (Å²) in [5.41, 5.74) is -0.518. The van der Waals surface area contributed by atoms with E-state index in [1.165, 1.54) is 72.8 Å². The van der Waals surface area contributed by atoms with E-state index in [1.54, 1.807) is 24.3 Å². The average Bonchev–Trinajstić information content (AvgIpc) is 3.11. The Morgan fingerprint density at radius 3 is 1.10 bits per heavy atom. The molecule has 0 aliphatic rings. The zero-order valence-electron chi connectivity index (χ0n) is 26.6. The molecular formula is C38H34O10. The minimum Gasteiger partial charge on any atom is -0.426 e. The summed E-state index contributed by atoms with van der Waals surface area (Å²) in [6.07, 6.45) is 3.21. The summed E-state index contributed by atoms with van der Waals surface area (Å²) in [5, 5.41) is 0. The van der Waals surface area contributed by atoms with Gasteiger partial charge in [-0.25, -0.2) is 19.4 Å². The van der Waals surface area contributed by atoms with Crippen LogP contribution in [0.4, 0.5) is 0 Å². The van der Waals surface area contributed by atoms with Crippen LogP contribution in [0.5, 0.6) is 11.5 Å². The fraction of sp³-hybridized carbons (Fsp3) is 0.211. The quantitative estimate of drug-likeness (QED) is 0.0450. The Morgan fingerprint density at radius 1 is 0.438 bits per heavy atom. The summed E-state index contributed by atoms with van der Waals surface area (Å²) in [5.74, 6) is -4.47. The Bertz CT molecular complexity index is 1690. The van der Waals surface area contributed by atoms with Crippen molar-refractivity contribution < 1.29 is 48.0 Å². The summed E-state index contributed by atoms with van der Waals surface area (Å²) < 4.78 is 10.9. The molecule has 0 N–H and O–H groups in total. The van der Waals surface area contributed by atoms with Crippen LogP contribution in [-0.4, -0.2) is 35.4 Å². The topological polar surface area (TPSA) is 139 Å². The zero-order chi connectivity index (χ0) is 34.5. The number of esters is 2. The first-order valence-electron chi connectivity index (χ1n) is 15.5. The van der Waals surface area contributed by atoms with Gasteiger partial charge in [0.15, 0.2) is 11.6 Å². The molecule has 0 bridgehead atoms. The molecule has 0 radical (unpaired) electrons. The van der Waals surface area contributed by atoms with Crippen molar-refractivity contribution in [2.24, 2.45) is 0 Å². The molecule has 0 spiro atoms. The third-order valence-electron chi connectivity index (χ3n) is 7.16. The molecule has 48 heavy (non-hydrogen) atoms. The molecular weight excluding hydrogens is 616 g/mol. The van der Waals surface area contributed by atoms with E-state index in [-0.39, 0.29) is 57.7 Å². The van der Waals surface area contributed by atoms with Crippen LogP contribution < -0.4 is 9.47 Å². The molecule has 0 atom stereocenters. The maximum atomic E-state index is 13.6. The Balaban J connectivity index is 1.51. The molecule has 0 aromatic heterocycles. The Morgan fingerprint density at radius 2 is 0.750 bits per heavy atom. The molecule has 4 aromatic carbocycles. The number of hydrogen-bond acceptors (Lipinski definition) is 10. The molecule has 0 amide bonds. The van der Waals surface area contributed by atoms with Crippen LogP contribution in [0.3, 0.4) is 0 Å². The van der Waals surface area contributed by atoms with Gasteiger partial charge in [-0.3, -0.25) is 19.2 Å². The van der Waals surface area contributed by atoms with Crippen molar-refractivity contribution in [1.82, 2.24) is 0 Å². The highest BCUT2D eigenvalue weighted by Gasteiger charge is 2.26. The number of hydrogen-bond donors (Lipinski definition) is 0. The highest BCUT2D eigenvalue weighted by Crippen LogP contribution is 2.26. The maximum absolute atomic E-state index is 13.6. The SMILES string of the molecule is CCCCC(=O)Oc1ccccc1C(=O)c1ccccc1C(=O)OOC(=O)c1ccccc1C(=O)c1ccccc1OC(=O)CCCC. The van der Waals surface area contributed by atoms with E-state index in [9.17, 15) is 28.8 Å². The molecule has 0 unspecified atom stereocenters. The average molecular weight is 651 g/mol. The lowest BCUT2D eigenvalue weighted by molar-refractivity contribution is -0.187. The molecule has 4 aromatic rings. The van der Waals surface area contributed by atoms with Gasteiger partial charge in [0.25, 0.3) is 0 Å². The van der Waals surface area contributed by atoms with Gasteiger partial charge in [0, 0.05) is 24.0 Å². The molecule has 0 fully saturated rings. The Kier molecular flexibility index (Phi) is 12.5. The van der Waals surface area contributed by atoms with Crippen molar-refractivity contribution in [3.05, 3.63) is 130 Å². The minimum atomic E-state index is -1.15. The van der Waals surface area contributed by atoms with Crippen LogP contribution >= 0.6 is 0 Å². The third-order valence-corrected chi connectivity index (χ3v) is 7.16. The van der Waals surface area contributed by atoms with Crippen LogP contribution in [0, 0.1) is 0 Å². The first-order chi connectivity index (χ1) is 23.2. The molecule has 0 heterocycles. The highest BCUT2D eigenvalue weighted by molar-refractivity contribution is 6.17. The minimum absolute atomic E-state index is 0.0387. The van der Waals surface area contributed by atoms with Crippen molar-refractivity contribution in [1.29, 1.82) is 0 Å². The highest BCUT2D eigenvalue weighted by atomic mass is 17.2. The van der Waals surface area contributed by atoms with Gasteiger partial charge in [-0.1, -0.05) is 87.4 Å². The normalized spacial score (nSPS) is 10.5. The fourth-order valence-corrected chi connectivity index (χ4v) is 4.65. The number of carbonyl (C=O) groups is 6. The number of benzene rings is 4. The largest absolute Gasteiger partial charge is 0.426 e. The zero-order valence-corrected chi connectivity index (χ0v) is 26.6. The van der Waals surface area contributed by atoms with Crippen LogP contribution in [-0.2, 0) is 19.4 Å². The lowest BCUT2D eigenvalue weighted by Crippen LogP contribution is -2.18. The van der Waals surface area contributed by atoms with Crippen LogP contribution in [0.25, 0.3) is 0 Å². The summed E-state index contributed by atoms with van der Waals surface area (Å²) in [7, 11) is 0. The Labute approximate surface area is 277 Å². The van der Waals surface area contributed by atoms with Crippen LogP contribution in [0.15, 0.2) is 97.1 Å². The van der Waals surface area contributed by atoms with Crippen molar-refractivity contribution in [3.63, 3.8) is 0 Å². The molecule has 10 heteroatoms. The van der Waals surface area contributed by atoms with Gasteiger partial charge in [-0.2, -0.15) is 0 Å². The number of rotatable bonds is 14. The molecule has 0 aliphatic heterocycles. The van der Waals surface area contributed by atoms with Gasteiger partial charge in [-0.05, 0) is 49.2 Å². The maximum Gasteiger partial charge on any atom is 0.387 e. The molecule has 0 saturated heterocycles. The monoisotopic (exact) mass is 650 g/mol. The smallest absolute Gasteiger partial charge is 0.387 e. The van der Waals surface area contributed by atoms with Crippen molar-refractivity contribution in [2.45, 2.75) is 52.4 Å². The van der Waals surface area contributed by atoms with E-state index in [0.29, 0.717) is 12.8 Å². The van der Waals surface area contributed by atoms with E-state index >= 15 is 0 Å². The third kappa shape index (κ3) is 8.88. The lowest BCUT2D eigenvalue weighted by atomic mass is 9.97. The van der Waals surface area contributed by atoms with Gasteiger partial charge in [0.2, 0.25) is 0 Å². The fourth-order valence-electron chi connectivity index (χ4n) is 4.65. The summed E-state index contributed by atoms with van der Waals surface area (Å²) in [6, 6.07) is 23.7. The number of carbonyl (C=O) groups excluding carboxylic acids is 6. The molecule has 0 aliphatic carbocycles. The van der Waals surface area contributed by atoms with E-state index in [1.807, 2.05) is 13.8 Å². The van der Waals surface area contributed by atoms with Gasteiger partial charge in [-0.15, -0.1) is 0 Å². The van der Waals surface area contributed by atoms with Gasteiger partial charge in [0.05, 0.1) is 22.3 Å². The number of unbranched alkanes of at least 4 members (excludes halogenated alkanes) is 2. The molecule has 0 saturated carbocycles. The Hall–Kier alpha value is -5.90. The van der Waals surface area contributed by atoms with Crippen LogP contribution in [0.1, 0.15) is 105 Å². The summed E-state index contributed by atoms with van der Waals surface area (Å²) >= 11 is 0. The predicted molar refractivity (Wildman–Crippen MR) is 174 cm³/mol. The number of para-hydroxylation sites is 2. The van der Waals surface area contributed by atoms with E-state index < -0.39 is 35.4 Å². The second kappa shape index (κ2) is 17.1. The van der Waals surface area contributed by atoms with E-state index in [4.69, 9.17) is 19.2 Å². The summed E-state index contributed by atoms with van der Waals surface area (Å²) in [6.45, 7) is 3.87. The van der Waals surface area contributed by atoms with Crippen LogP contribution in [0.2, 0.25) is 0 Å². The number of ketones is 2. The van der Waals surface area contributed by atoms with Crippen molar-refractivity contribution in [2.75, 3.05) is 0 Å². The van der Waals surface area contributed by atoms with Gasteiger partial charge in [0.1, 0.15) is 11.5 Å². The van der Waals surface area contributed by atoms with E-state index in [0.717, 1.165) is 12.8 Å². The van der Waals surface area contributed by atoms with Gasteiger partial charge < -0.3 is 9.47 Å². The predicted octanol–water partition coefficient (Wildman–Crippen LogP) is 7.27. The lowest BCUT2D eigenvalue weighted by Gasteiger charge is -2.12. The number of ether oxygens (including phenoxy) is 2. The van der Waals surface area contributed by atoms with Crippen molar-refractivity contribution >= 4 is 35.4 Å².